The zero-order valence-corrected chi connectivity index (χ0v) is 13.2. The van der Waals surface area contributed by atoms with Crippen molar-refractivity contribution in [1.82, 2.24) is 15.1 Å². The van der Waals surface area contributed by atoms with E-state index < -0.39 is 0 Å². The van der Waals surface area contributed by atoms with E-state index in [0.717, 1.165) is 12.1 Å². The summed E-state index contributed by atoms with van der Waals surface area (Å²) >= 11 is 0. The van der Waals surface area contributed by atoms with Crippen molar-refractivity contribution in [3.63, 3.8) is 0 Å². The van der Waals surface area contributed by atoms with Gasteiger partial charge in [-0.3, -0.25) is 9.80 Å². The van der Waals surface area contributed by atoms with Gasteiger partial charge in [-0.15, -0.1) is 0 Å². The minimum Gasteiger partial charge on any atom is -0.313 e. The molecular formula is C17H33N3. The molecule has 0 spiro atoms. The van der Waals surface area contributed by atoms with Crippen LogP contribution in [0.5, 0.6) is 0 Å². The number of nitrogens with one attached hydrogen (secondary N) is 1. The summed E-state index contributed by atoms with van der Waals surface area (Å²) in [5, 5.41) is 3.78. The molecule has 0 unspecified atom stereocenters. The number of rotatable bonds is 5. The summed E-state index contributed by atoms with van der Waals surface area (Å²) in [4.78, 5) is 5.43. The standard InChI is InChI=1S/C17H33N3/c1-2-6-16(7-3-1)18-10-11-19-12-14-20(15-13-19)17-8-4-5-9-17/h16-18H,1-15H2. The van der Waals surface area contributed by atoms with Gasteiger partial charge in [0.1, 0.15) is 0 Å². The molecule has 116 valence electrons. The van der Waals surface area contributed by atoms with Crippen LogP contribution in [0.15, 0.2) is 0 Å². The maximum absolute atomic E-state index is 3.78. The topological polar surface area (TPSA) is 18.5 Å². The second-order valence-corrected chi connectivity index (χ2v) is 7.10. The third kappa shape index (κ3) is 4.19. The molecule has 2 aliphatic carbocycles. The molecule has 2 saturated carbocycles. The highest BCUT2D eigenvalue weighted by Crippen LogP contribution is 2.24. The van der Waals surface area contributed by atoms with Crippen LogP contribution in [-0.2, 0) is 0 Å². The summed E-state index contributed by atoms with van der Waals surface area (Å²) in [6.07, 6.45) is 13.0. The van der Waals surface area contributed by atoms with Crippen LogP contribution in [0, 0.1) is 0 Å². The molecule has 20 heavy (non-hydrogen) atoms. The summed E-state index contributed by atoms with van der Waals surface area (Å²) in [5.74, 6) is 0. The molecule has 0 radical (unpaired) electrons. The lowest BCUT2D eigenvalue weighted by molar-refractivity contribution is 0.0976. The first kappa shape index (κ1) is 14.8. The molecule has 0 aromatic heterocycles. The SMILES string of the molecule is C1CCC(NCCN2CCN(C3CCCC3)CC2)CC1. The Morgan fingerprint density at radius 2 is 1.40 bits per heavy atom. The molecule has 1 saturated heterocycles. The van der Waals surface area contributed by atoms with Crippen molar-refractivity contribution >= 4 is 0 Å². The molecule has 0 aromatic carbocycles. The van der Waals surface area contributed by atoms with E-state index >= 15 is 0 Å². The molecule has 3 aliphatic rings. The Hall–Kier alpha value is -0.120. The van der Waals surface area contributed by atoms with Gasteiger partial charge >= 0.3 is 0 Å². The summed E-state index contributed by atoms with van der Waals surface area (Å²) in [6.45, 7) is 7.68. The molecule has 0 bridgehead atoms. The second-order valence-electron chi connectivity index (χ2n) is 7.10. The van der Waals surface area contributed by atoms with E-state index in [1.54, 1.807) is 0 Å². The molecule has 1 heterocycles. The average molecular weight is 279 g/mol. The molecule has 3 heteroatoms. The summed E-state index contributed by atoms with van der Waals surface area (Å²) in [7, 11) is 0. The van der Waals surface area contributed by atoms with Crippen molar-refractivity contribution in [3.05, 3.63) is 0 Å². The molecular weight excluding hydrogens is 246 g/mol. The highest BCUT2D eigenvalue weighted by Gasteiger charge is 2.25. The summed E-state index contributed by atoms with van der Waals surface area (Å²) in [6, 6.07) is 1.75. The lowest BCUT2D eigenvalue weighted by atomic mass is 9.95. The third-order valence-electron chi connectivity index (χ3n) is 5.71. The molecule has 1 aliphatic heterocycles. The number of hydrogen-bond acceptors (Lipinski definition) is 3. The van der Waals surface area contributed by atoms with Crippen LogP contribution >= 0.6 is 0 Å². The highest BCUT2D eigenvalue weighted by molar-refractivity contribution is 4.82. The van der Waals surface area contributed by atoms with Gasteiger partial charge in [-0.05, 0) is 25.7 Å². The van der Waals surface area contributed by atoms with Gasteiger partial charge in [0.2, 0.25) is 0 Å². The van der Waals surface area contributed by atoms with Crippen LogP contribution in [0.25, 0.3) is 0 Å². The van der Waals surface area contributed by atoms with Crippen molar-refractivity contribution in [3.8, 4) is 0 Å². The maximum Gasteiger partial charge on any atom is 0.0113 e. The fourth-order valence-electron chi connectivity index (χ4n) is 4.36. The lowest BCUT2D eigenvalue weighted by Crippen LogP contribution is -2.51. The predicted molar refractivity (Wildman–Crippen MR) is 85.1 cm³/mol. The van der Waals surface area contributed by atoms with Crippen LogP contribution in [-0.4, -0.2) is 61.2 Å². The van der Waals surface area contributed by atoms with Gasteiger partial charge < -0.3 is 5.32 Å². The third-order valence-corrected chi connectivity index (χ3v) is 5.71. The quantitative estimate of drug-likeness (QED) is 0.834. The second kappa shape index (κ2) is 7.77. The Bertz CT molecular complexity index is 261. The fraction of sp³-hybridized carbons (Fsp3) is 1.00. The minimum absolute atomic E-state index is 0.823. The Labute approximate surface area is 125 Å². The predicted octanol–water partition coefficient (Wildman–Crippen LogP) is 2.47. The smallest absolute Gasteiger partial charge is 0.0113 e. The van der Waals surface area contributed by atoms with Crippen molar-refractivity contribution in [2.75, 3.05) is 39.3 Å². The first-order valence-electron chi connectivity index (χ1n) is 9.11. The van der Waals surface area contributed by atoms with E-state index in [2.05, 4.69) is 15.1 Å². The van der Waals surface area contributed by atoms with Crippen LogP contribution in [0.1, 0.15) is 57.8 Å². The molecule has 0 amide bonds. The van der Waals surface area contributed by atoms with E-state index in [-0.39, 0.29) is 0 Å². The largest absolute Gasteiger partial charge is 0.313 e. The van der Waals surface area contributed by atoms with Gasteiger partial charge in [-0.2, -0.15) is 0 Å². The highest BCUT2D eigenvalue weighted by atomic mass is 15.3. The van der Waals surface area contributed by atoms with Crippen LogP contribution in [0.2, 0.25) is 0 Å². The number of piperazine rings is 1. The summed E-state index contributed by atoms with van der Waals surface area (Å²) < 4.78 is 0. The van der Waals surface area contributed by atoms with Crippen LogP contribution in [0.3, 0.4) is 0 Å². The van der Waals surface area contributed by atoms with E-state index in [0.29, 0.717) is 0 Å². The summed E-state index contributed by atoms with van der Waals surface area (Å²) in [5.41, 5.74) is 0. The average Bonchev–Trinajstić information content (AvgIpc) is 3.03. The number of hydrogen-bond donors (Lipinski definition) is 1. The van der Waals surface area contributed by atoms with Crippen LogP contribution < -0.4 is 5.32 Å². The van der Waals surface area contributed by atoms with Gasteiger partial charge in [0.25, 0.3) is 0 Å². The number of nitrogens with zero attached hydrogens (tertiary/aromatic N) is 2. The maximum atomic E-state index is 3.78. The van der Waals surface area contributed by atoms with Gasteiger partial charge in [0.05, 0.1) is 0 Å². The van der Waals surface area contributed by atoms with Crippen molar-refractivity contribution < 1.29 is 0 Å². The van der Waals surface area contributed by atoms with E-state index in [9.17, 15) is 0 Å². The van der Waals surface area contributed by atoms with E-state index in [1.165, 1.54) is 97.1 Å². The monoisotopic (exact) mass is 279 g/mol. The molecule has 3 nitrogen and oxygen atoms in total. The normalized spacial score (nSPS) is 28.2. The van der Waals surface area contributed by atoms with Crippen LogP contribution in [0.4, 0.5) is 0 Å². The Morgan fingerprint density at radius 1 is 0.750 bits per heavy atom. The minimum atomic E-state index is 0.823. The van der Waals surface area contributed by atoms with E-state index in [4.69, 9.17) is 0 Å². The van der Waals surface area contributed by atoms with Crippen molar-refractivity contribution in [1.29, 1.82) is 0 Å². The molecule has 3 fully saturated rings. The zero-order valence-electron chi connectivity index (χ0n) is 13.2. The van der Waals surface area contributed by atoms with Crippen molar-refractivity contribution in [2.24, 2.45) is 0 Å². The fourth-order valence-corrected chi connectivity index (χ4v) is 4.36. The first-order valence-corrected chi connectivity index (χ1v) is 9.11. The molecule has 3 rings (SSSR count). The first-order chi connectivity index (χ1) is 9.92. The molecule has 1 N–H and O–H groups in total. The Kier molecular flexibility index (Phi) is 5.75. The Morgan fingerprint density at radius 3 is 2.10 bits per heavy atom. The Balaban J connectivity index is 1.28. The van der Waals surface area contributed by atoms with Gasteiger partial charge in [0.15, 0.2) is 0 Å². The van der Waals surface area contributed by atoms with Gasteiger partial charge in [-0.1, -0.05) is 32.1 Å². The van der Waals surface area contributed by atoms with Gasteiger partial charge in [0, 0.05) is 51.4 Å². The lowest BCUT2D eigenvalue weighted by Gasteiger charge is -2.38. The van der Waals surface area contributed by atoms with Crippen molar-refractivity contribution in [2.45, 2.75) is 69.9 Å². The molecule has 0 aromatic rings. The van der Waals surface area contributed by atoms with E-state index in [1.807, 2.05) is 0 Å². The van der Waals surface area contributed by atoms with Gasteiger partial charge in [-0.25, -0.2) is 0 Å². The molecule has 0 atom stereocenters. The zero-order chi connectivity index (χ0) is 13.6.